The Bertz CT molecular complexity index is 465. The number of carbonyl (C=O) groups is 1. The topological polar surface area (TPSA) is 54.5 Å². The lowest BCUT2D eigenvalue weighted by Gasteiger charge is -2.34. The zero-order valence-electron chi connectivity index (χ0n) is 11.7. The smallest absolute Gasteiger partial charge is 0.216 e. The molecule has 0 aliphatic carbocycles. The van der Waals surface area contributed by atoms with Gasteiger partial charge in [-0.05, 0) is 6.07 Å². The lowest BCUT2D eigenvalue weighted by molar-refractivity contribution is -0.120. The zero-order chi connectivity index (χ0) is 15.1. The summed E-state index contributed by atoms with van der Waals surface area (Å²) in [5, 5.41) is 2.98. The number of amides is 1. The van der Waals surface area contributed by atoms with Crippen molar-refractivity contribution in [2.45, 2.75) is 18.5 Å². The molecule has 0 saturated carbocycles. The van der Waals surface area contributed by atoms with Crippen LogP contribution < -0.4 is 10.1 Å². The second-order valence-corrected chi connectivity index (χ2v) is 5.12. The van der Waals surface area contributed by atoms with E-state index in [1.807, 2.05) is 0 Å². The molecule has 0 spiro atoms. The number of pyridine rings is 1. The van der Waals surface area contributed by atoms with Crippen LogP contribution in [0.2, 0.25) is 0 Å². The van der Waals surface area contributed by atoms with Crippen molar-refractivity contribution in [1.82, 2.24) is 15.2 Å². The average molecular weight is 299 g/mol. The van der Waals surface area contributed by atoms with Crippen LogP contribution in [-0.2, 0) is 4.79 Å². The van der Waals surface area contributed by atoms with E-state index in [4.69, 9.17) is 4.74 Å². The van der Waals surface area contributed by atoms with Gasteiger partial charge in [-0.1, -0.05) is 6.07 Å². The molecule has 1 aromatic rings. The minimum atomic E-state index is -1.28. The Morgan fingerprint density at radius 3 is 2.86 bits per heavy atom. The summed E-state index contributed by atoms with van der Waals surface area (Å²) in [4.78, 5) is 15.7. The Balaban J connectivity index is 1.62. The van der Waals surface area contributed by atoms with E-state index in [0.29, 0.717) is 32.5 Å². The van der Waals surface area contributed by atoms with Gasteiger partial charge in [0.25, 0.3) is 0 Å². The molecule has 1 N–H and O–H groups in total. The Kier molecular flexibility index (Phi) is 5.44. The molecule has 1 aromatic heterocycles. The summed E-state index contributed by atoms with van der Waals surface area (Å²) < 4.78 is 32.4. The number of rotatable bonds is 7. The zero-order valence-corrected chi connectivity index (χ0v) is 11.7. The summed E-state index contributed by atoms with van der Waals surface area (Å²) in [6, 6.07) is 4.32. The fraction of sp³-hybridized carbons (Fsp3) is 0.571. The van der Waals surface area contributed by atoms with E-state index < -0.39 is 11.6 Å². The number of likely N-dealkylation sites (tertiary alicyclic amines) is 1. The fourth-order valence-corrected chi connectivity index (χ4v) is 2.22. The van der Waals surface area contributed by atoms with Gasteiger partial charge in [-0.2, -0.15) is 9.37 Å². The standard InChI is InChI=1S/C14H19F2N3O2/c15-12-2-1-3-13(18-12)21-9-6-17-10-14(16)4-7-19(11-20)8-5-14/h1-3,11,17H,4-10H2. The van der Waals surface area contributed by atoms with Gasteiger partial charge in [0, 0.05) is 45.1 Å². The lowest BCUT2D eigenvalue weighted by atomic mass is 9.93. The molecular formula is C14H19F2N3O2. The summed E-state index contributed by atoms with van der Waals surface area (Å²) in [6.45, 7) is 1.85. The quantitative estimate of drug-likeness (QED) is 0.466. The third-order valence-corrected chi connectivity index (χ3v) is 3.50. The molecule has 1 amide bonds. The molecule has 1 saturated heterocycles. The minimum Gasteiger partial charge on any atom is -0.476 e. The summed E-state index contributed by atoms with van der Waals surface area (Å²) in [7, 11) is 0. The molecule has 116 valence electrons. The predicted octanol–water partition coefficient (Wildman–Crippen LogP) is 1.15. The normalized spacial score (nSPS) is 17.5. The molecule has 0 radical (unpaired) electrons. The van der Waals surface area contributed by atoms with Crippen molar-refractivity contribution < 1.29 is 18.3 Å². The molecule has 2 rings (SSSR count). The summed E-state index contributed by atoms with van der Waals surface area (Å²) >= 11 is 0. The number of hydrogen-bond acceptors (Lipinski definition) is 4. The monoisotopic (exact) mass is 299 g/mol. The first kappa shape index (κ1) is 15.6. The number of aromatic nitrogens is 1. The number of hydrogen-bond donors (Lipinski definition) is 1. The van der Waals surface area contributed by atoms with Crippen LogP contribution in [0.1, 0.15) is 12.8 Å². The van der Waals surface area contributed by atoms with Gasteiger partial charge in [0.15, 0.2) is 0 Å². The minimum absolute atomic E-state index is 0.214. The second-order valence-electron chi connectivity index (χ2n) is 5.12. The van der Waals surface area contributed by atoms with Gasteiger partial charge < -0.3 is 15.0 Å². The van der Waals surface area contributed by atoms with Crippen LogP contribution in [0.5, 0.6) is 5.88 Å². The van der Waals surface area contributed by atoms with Crippen molar-refractivity contribution in [3.63, 3.8) is 0 Å². The van der Waals surface area contributed by atoms with Crippen molar-refractivity contribution in [2.24, 2.45) is 0 Å². The molecule has 0 atom stereocenters. The first-order valence-electron chi connectivity index (χ1n) is 6.96. The molecule has 1 aliphatic heterocycles. The van der Waals surface area contributed by atoms with Gasteiger partial charge in [-0.15, -0.1) is 0 Å². The van der Waals surface area contributed by atoms with Crippen LogP contribution in [0.3, 0.4) is 0 Å². The van der Waals surface area contributed by atoms with E-state index in [2.05, 4.69) is 10.3 Å². The second kappa shape index (κ2) is 7.31. The number of nitrogens with zero attached hydrogens (tertiary/aromatic N) is 2. The van der Waals surface area contributed by atoms with Crippen LogP contribution in [0.25, 0.3) is 0 Å². The van der Waals surface area contributed by atoms with Crippen LogP contribution in [-0.4, -0.2) is 54.7 Å². The van der Waals surface area contributed by atoms with Crippen LogP contribution >= 0.6 is 0 Å². The Morgan fingerprint density at radius 2 is 2.19 bits per heavy atom. The van der Waals surface area contributed by atoms with Gasteiger partial charge in [0.05, 0.1) is 0 Å². The van der Waals surface area contributed by atoms with Gasteiger partial charge in [-0.25, -0.2) is 4.39 Å². The summed E-state index contributed by atoms with van der Waals surface area (Å²) in [5.74, 6) is -0.379. The first-order chi connectivity index (χ1) is 10.1. The molecule has 2 heterocycles. The SMILES string of the molecule is O=CN1CCC(F)(CNCCOc2cccc(F)n2)CC1. The third kappa shape index (κ3) is 4.93. The third-order valence-electron chi connectivity index (χ3n) is 3.50. The molecule has 0 unspecified atom stereocenters. The van der Waals surface area contributed by atoms with Crippen molar-refractivity contribution in [2.75, 3.05) is 32.8 Å². The van der Waals surface area contributed by atoms with E-state index >= 15 is 0 Å². The van der Waals surface area contributed by atoms with E-state index in [0.717, 1.165) is 6.41 Å². The fourth-order valence-electron chi connectivity index (χ4n) is 2.22. The molecule has 7 heteroatoms. The highest BCUT2D eigenvalue weighted by atomic mass is 19.1. The molecule has 21 heavy (non-hydrogen) atoms. The maximum absolute atomic E-state index is 14.4. The number of ether oxygens (including phenoxy) is 1. The van der Waals surface area contributed by atoms with Crippen molar-refractivity contribution in [1.29, 1.82) is 0 Å². The van der Waals surface area contributed by atoms with E-state index in [-0.39, 0.29) is 19.0 Å². The predicted molar refractivity (Wildman–Crippen MR) is 73.3 cm³/mol. The molecule has 1 fully saturated rings. The first-order valence-corrected chi connectivity index (χ1v) is 6.96. The maximum atomic E-state index is 14.4. The van der Waals surface area contributed by atoms with Crippen molar-refractivity contribution in [3.8, 4) is 5.88 Å². The average Bonchev–Trinajstić information content (AvgIpc) is 2.48. The summed E-state index contributed by atoms with van der Waals surface area (Å²) in [5.41, 5.74) is -1.28. The number of halogens is 2. The van der Waals surface area contributed by atoms with Crippen molar-refractivity contribution >= 4 is 6.41 Å². The number of nitrogens with one attached hydrogen (secondary N) is 1. The van der Waals surface area contributed by atoms with Crippen LogP contribution in [0, 0.1) is 5.95 Å². The van der Waals surface area contributed by atoms with Crippen molar-refractivity contribution in [3.05, 3.63) is 24.1 Å². The van der Waals surface area contributed by atoms with Gasteiger partial charge in [0.1, 0.15) is 12.3 Å². The molecule has 5 nitrogen and oxygen atoms in total. The Morgan fingerprint density at radius 1 is 1.43 bits per heavy atom. The molecular weight excluding hydrogens is 280 g/mol. The summed E-state index contributed by atoms with van der Waals surface area (Å²) in [6.07, 6.45) is 1.43. The number of alkyl halides is 1. The number of carbonyl (C=O) groups excluding carboxylic acids is 1. The molecule has 1 aliphatic rings. The highest BCUT2D eigenvalue weighted by Crippen LogP contribution is 2.25. The Labute approximate surface area is 122 Å². The maximum Gasteiger partial charge on any atom is 0.216 e. The Hall–Kier alpha value is -1.76. The van der Waals surface area contributed by atoms with Crippen LogP contribution in [0.4, 0.5) is 8.78 Å². The number of piperidine rings is 1. The largest absolute Gasteiger partial charge is 0.476 e. The molecule has 0 bridgehead atoms. The lowest BCUT2D eigenvalue weighted by Crippen LogP contribution is -2.47. The van der Waals surface area contributed by atoms with Gasteiger partial charge in [-0.3, -0.25) is 4.79 Å². The van der Waals surface area contributed by atoms with E-state index in [9.17, 15) is 13.6 Å². The highest BCUT2D eigenvalue weighted by Gasteiger charge is 2.33. The van der Waals surface area contributed by atoms with Gasteiger partial charge >= 0.3 is 0 Å². The van der Waals surface area contributed by atoms with E-state index in [1.54, 1.807) is 11.0 Å². The van der Waals surface area contributed by atoms with Gasteiger partial charge in [0.2, 0.25) is 18.2 Å². The van der Waals surface area contributed by atoms with E-state index in [1.165, 1.54) is 12.1 Å². The highest BCUT2D eigenvalue weighted by molar-refractivity contribution is 5.47. The molecule has 0 aromatic carbocycles. The van der Waals surface area contributed by atoms with Crippen LogP contribution in [0.15, 0.2) is 18.2 Å².